The lowest BCUT2D eigenvalue weighted by Crippen LogP contribution is -2.06. The quantitative estimate of drug-likeness (QED) is 0.690. The lowest BCUT2D eigenvalue weighted by atomic mass is 10.1. The van der Waals surface area contributed by atoms with Crippen molar-refractivity contribution in [1.29, 1.82) is 0 Å². The van der Waals surface area contributed by atoms with E-state index in [-0.39, 0.29) is 0 Å². The Kier molecular flexibility index (Phi) is 3.38. The third-order valence-corrected chi connectivity index (χ3v) is 4.01. The van der Waals surface area contributed by atoms with Crippen molar-refractivity contribution in [3.05, 3.63) is 58.4 Å². The van der Waals surface area contributed by atoms with Crippen LogP contribution in [-0.2, 0) is 0 Å². The molecule has 0 fully saturated rings. The molecule has 0 aliphatic carbocycles. The SMILES string of the molecule is Nc1cccc(-c2nnc(C3=Cc4cc(Br)ccc4OC3)o2)c1. The molecule has 1 aliphatic rings. The molecule has 114 valence electrons. The first-order chi connectivity index (χ1) is 11.2. The van der Waals surface area contributed by atoms with Crippen LogP contribution < -0.4 is 10.5 Å². The summed E-state index contributed by atoms with van der Waals surface area (Å²) in [6.07, 6.45) is 2.00. The van der Waals surface area contributed by atoms with E-state index in [1.165, 1.54) is 0 Å². The van der Waals surface area contributed by atoms with Crippen LogP contribution in [0.25, 0.3) is 23.1 Å². The number of hydrogen-bond acceptors (Lipinski definition) is 5. The second-order valence-corrected chi connectivity index (χ2v) is 6.09. The molecular weight excluding hydrogens is 358 g/mol. The number of halogens is 1. The average molecular weight is 370 g/mol. The van der Waals surface area contributed by atoms with Crippen molar-refractivity contribution < 1.29 is 9.15 Å². The van der Waals surface area contributed by atoms with Crippen LogP contribution in [0.5, 0.6) is 5.75 Å². The van der Waals surface area contributed by atoms with E-state index in [4.69, 9.17) is 14.9 Å². The van der Waals surface area contributed by atoms with Crippen molar-refractivity contribution in [3.8, 4) is 17.2 Å². The summed E-state index contributed by atoms with van der Waals surface area (Å²) < 4.78 is 12.5. The molecule has 6 heteroatoms. The molecule has 2 aromatic carbocycles. The number of aromatic nitrogens is 2. The van der Waals surface area contributed by atoms with Gasteiger partial charge < -0.3 is 14.9 Å². The fourth-order valence-corrected chi connectivity index (χ4v) is 2.79. The molecule has 0 radical (unpaired) electrons. The van der Waals surface area contributed by atoms with Crippen molar-refractivity contribution in [2.45, 2.75) is 0 Å². The maximum atomic E-state index is 5.79. The van der Waals surface area contributed by atoms with Crippen molar-refractivity contribution in [2.24, 2.45) is 0 Å². The Morgan fingerprint density at radius 3 is 2.78 bits per heavy atom. The highest BCUT2D eigenvalue weighted by molar-refractivity contribution is 9.10. The monoisotopic (exact) mass is 369 g/mol. The lowest BCUT2D eigenvalue weighted by molar-refractivity contribution is 0.361. The molecule has 2 N–H and O–H groups in total. The second-order valence-electron chi connectivity index (χ2n) is 5.18. The normalized spacial score (nSPS) is 13.2. The van der Waals surface area contributed by atoms with Gasteiger partial charge in [-0.1, -0.05) is 22.0 Å². The van der Waals surface area contributed by atoms with Gasteiger partial charge in [-0.05, 0) is 42.5 Å². The van der Waals surface area contributed by atoms with Crippen LogP contribution in [0.15, 0.2) is 51.4 Å². The molecule has 0 atom stereocenters. The Hall–Kier alpha value is -2.60. The molecule has 0 unspecified atom stereocenters. The highest BCUT2D eigenvalue weighted by Gasteiger charge is 2.18. The first-order valence-electron chi connectivity index (χ1n) is 7.02. The molecular formula is C17H12BrN3O2. The second kappa shape index (κ2) is 5.55. The van der Waals surface area contributed by atoms with Crippen LogP contribution in [0.1, 0.15) is 11.5 Å². The molecule has 0 saturated carbocycles. The number of rotatable bonds is 2. The zero-order valence-corrected chi connectivity index (χ0v) is 13.6. The van der Waals surface area contributed by atoms with E-state index in [1.54, 1.807) is 6.07 Å². The van der Waals surface area contributed by atoms with E-state index in [0.717, 1.165) is 26.9 Å². The maximum Gasteiger partial charge on any atom is 0.248 e. The number of benzene rings is 2. The molecule has 1 aromatic heterocycles. The van der Waals surface area contributed by atoms with Crippen LogP contribution in [0.3, 0.4) is 0 Å². The predicted octanol–water partition coefficient (Wildman–Crippen LogP) is 4.01. The minimum absolute atomic E-state index is 0.396. The molecule has 0 saturated heterocycles. The van der Waals surface area contributed by atoms with E-state index in [1.807, 2.05) is 42.5 Å². The zero-order chi connectivity index (χ0) is 15.8. The Morgan fingerprint density at radius 2 is 1.91 bits per heavy atom. The van der Waals surface area contributed by atoms with Crippen molar-refractivity contribution in [3.63, 3.8) is 0 Å². The Labute approximate surface area is 140 Å². The molecule has 23 heavy (non-hydrogen) atoms. The van der Waals surface area contributed by atoms with Crippen LogP contribution >= 0.6 is 15.9 Å². The minimum Gasteiger partial charge on any atom is -0.488 e. The molecule has 0 spiro atoms. The van der Waals surface area contributed by atoms with Gasteiger partial charge in [0.1, 0.15) is 12.4 Å². The Morgan fingerprint density at radius 1 is 1.04 bits per heavy atom. The van der Waals surface area contributed by atoms with Gasteiger partial charge in [-0.2, -0.15) is 0 Å². The maximum absolute atomic E-state index is 5.79. The van der Waals surface area contributed by atoms with Gasteiger partial charge >= 0.3 is 0 Å². The molecule has 5 nitrogen and oxygen atoms in total. The Bertz CT molecular complexity index is 918. The predicted molar refractivity (Wildman–Crippen MR) is 91.7 cm³/mol. The van der Waals surface area contributed by atoms with Gasteiger partial charge in [0.25, 0.3) is 0 Å². The zero-order valence-electron chi connectivity index (χ0n) is 12.0. The van der Waals surface area contributed by atoms with Crippen molar-refractivity contribution >= 4 is 33.3 Å². The first-order valence-corrected chi connectivity index (χ1v) is 7.81. The average Bonchev–Trinajstić information content (AvgIpc) is 3.04. The number of nitrogens with zero attached hydrogens (tertiary/aromatic N) is 2. The van der Waals surface area contributed by atoms with E-state index in [2.05, 4.69) is 26.1 Å². The number of anilines is 1. The van der Waals surface area contributed by atoms with E-state index >= 15 is 0 Å². The van der Waals surface area contributed by atoms with Gasteiger partial charge in [0.05, 0.1) is 5.57 Å². The van der Waals surface area contributed by atoms with Gasteiger partial charge in [0.2, 0.25) is 11.8 Å². The van der Waals surface area contributed by atoms with Crippen LogP contribution in [0.4, 0.5) is 5.69 Å². The number of fused-ring (bicyclic) bond motifs is 1. The fraction of sp³-hybridized carbons (Fsp3) is 0.0588. The van der Waals surface area contributed by atoms with Crippen molar-refractivity contribution in [1.82, 2.24) is 10.2 Å². The third kappa shape index (κ3) is 2.73. The largest absolute Gasteiger partial charge is 0.488 e. The summed E-state index contributed by atoms with van der Waals surface area (Å²) in [5.74, 6) is 1.73. The molecule has 2 heterocycles. The highest BCUT2D eigenvalue weighted by atomic mass is 79.9. The standard InChI is InChI=1S/C17H12BrN3O2/c18-13-4-5-15-11(7-13)6-12(9-22-15)17-21-20-16(23-17)10-2-1-3-14(19)8-10/h1-8H,9,19H2. The highest BCUT2D eigenvalue weighted by Crippen LogP contribution is 2.33. The molecule has 0 bridgehead atoms. The Balaban J connectivity index is 1.70. The first kappa shape index (κ1) is 14.0. The summed E-state index contributed by atoms with van der Waals surface area (Å²) in [4.78, 5) is 0. The van der Waals surface area contributed by atoms with Gasteiger partial charge in [-0.15, -0.1) is 10.2 Å². The summed E-state index contributed by atoms with van der Waals surface area (Å²) in [5.41, 5.74) is 9.06. The van der Waals surface area contributed by atoms with E-state index in [0.29, 0.717) is 24.1 Å². The van der Waals surface area contributed by atoms with Crippen LogP contribution in [-0.4, -0.2) is 16.8 Å². The van der Waals surface area contributed by atoms with Crippen LogP contribution in [0.2, 0.25) is 0 Å². The van der Waals surface area contributed by atoms with Gasteiger partial charge in [0, 0.05) is 21.3 Å². The summed E-state index contributed by atoms with van der Waals surface area (Å²) >= 11 is 3.46. The third-order valence-electron chi connectivity index (χ3n) is 3.52. The molecule has 3 aromatic rings. The van der Waals surface area contributed by atoms with Gasteiger partial charge in [-0.3, -0.25) is 0 Å². The minimum atomic E-state index is 0.396. The molecule has 4 rings (SSSR count). The lowest BCUT2D eigenvalue weighted by Gasteiger charge is -2.16. The number of hydrogen-bond donors (Lipinski definition) is 1. The molecule has 0 amide bonds. The summed E-state index contributed by atoms with van der Waals surface area (Å²) in [6.45, 7) is 0.396. The fourth-order valence-electron chi connectivity index (χ4n) is 2.41. The molecule has 1 aliphatic heterocycles. The topological polar surface area (TPSA) is 74.2 Å². The number of nitrogens with two attached hydrogens (primary N) is 1. The van der Waals surface area contributed by atoms with E-state index < -0.39 is 0 Å². The van der Waals surface area contributed by atoms with Gasteiger partial charge in [0.15, 0.2) is 0 Å². The number of ether oxygens (including phenoxy) is 1. The summed E-state index contributed by atoms with van der Waals surface area (Å²) in [6, 6.07) is 13.2. The van der Waals surface area contributed by atoms with Gasteiger partial charge in [-0.25, -0.2) is 0 Å². The summed E-state index contributed by atoms with van der Waals surface area (Å²) in [5, 5.41) is 8.22. The van der Waals surface area contributed by atoms with Crippen LogP contribution in [0, 0.1) is 0 Å². The van der Waals surface area contributed by atoms with Crippen molar-refractivity contribution in [2.75, 3.05) is 12.3 Å². The number of nitrogen functional groups attached to an aromatic ring is 1. The smallest absolute Gasteiger partial charge is 0.248 e. The van der Waals surface area contributed by atoms with E-state index in [9.17, 15) is 0 Å². The summed E-state index contributed by atoms with van der Waals surface area (Å²) in [7, 11) is 0.